The molecule has 0 bridgehead atoms. The molecule has 0 saturated carbocycles. The van der Waals surface area contributed by atoms with Gasteiger partial charge in [-0.2, -0.15) is 0 Å². The molecule has 0 unspecified atom stereocenters. The monoisotopic (exact) mass is 465 g/mol. The van der Waals surface area contributed by atoms with Crippen molar-refractivity contribution < 1.29 is 14.3 Å². The van der Waals surface area contributed by atoms with Crippen molar-refractivity contribution in [2.75, 3.05) is 13.2 Å². The molecule has 0 fully saturated rings. The first-order valence-corrected chi connectivity index (χ1v) is 12.6. The van der Waals surface area contributed by atoms with Gasteiger partial charge in [0.1, 0.15) is 10.8 Å². The summed E-state index contributed by atoms with van der Waals surface area (Å²) in [6.45, 7) is 10.9. The lowest BCUT2D eigenvalue weighted by Gasteiger charge is -2.07. The van der Waals surface area contributed by atoms with Gasteiger partial charge in [-0.3, -0.25) is 4.79 Å². The number of ether oxygens (including phenoxy) is 2. The van der Waals surface area contributed by atoms with Gasteiger partial charge in [0.25, 0.3) is 0 Å². The van der Waals surface area contributed by atoms with Crippen molar-refractivity contribution in [3.63, 3.8) is 0 Å². The van der Waals surface area contributed by atoms with Crippen molar-refractivity contribution >= 4 is 17.3 Å². The fraction of sp³-hybridized carbons (Fsp3) is 0.429. The average Bonchev–Trinajstić information content (AvgIpc) is 3.40. The van der Waals surface area contributed by atoms with E-state index in [2.05, 4.69) is 68.0 Å². The lowest BCUT2D eigenvalue weighted by Crippen LogP contribution is -2.03. The van der Waals surface area contributed by atoms with Gasteiger partial charge in [-0.25, -0.2) is 4.98 Å². The topological polar surface area (TPSA) is 48.4 Å². The zero-order chi connectivity index (χ0) is 23.8. The molecule has 0 amide bonds. The van der Waals surface area contributed by atoms with Crippen molar-refractivity contribution in [2.24, 2.45) is 0 Å². The Morgan fingerprint density at radius 2 is 1.82 bits per heavy atom. The molecule has 1 aliphatic carbocycles. The summed E-state index contributed by atoms with van der Waals surface area (Å²) in [6.07, 6.45) is 4.53. The number of nitrogens with zero attached hydrogens (tertiary/aromatic N) is 1. The number of hydrogen-bond donors (Lipinski definition) is 0. The Morgan fingerprint density at radius 3 is 2.45 bits per heavy atom. The van der Waals surface area contributed by atoms with Gasteiger partial charge >= 0.3 is 5.97 Å². The molecule has 0 spiro atoms. The van der Waals surface area contributed by atoms with Crippen LogP contribution in [0.4, 0.5) is 0 Å². The quantitative estimate of drug-likeness (QED) is 0.355. The Balaban J connectivity index is 0.000000454. The Hall–Kier alpha value is -2.66. The van der Waals surface area contributed by atoms with Gasteiger partial charge in [-0.15, -0.1) is 11.3 Å². The first-order chi connectivity index (χ1) is 15.9. The Labute approximate surface area is 202 Å². The number of fused-ring (bicyclic) bond motifs is 1. The molecule has 2 aromatic carbocycles. The van der Waals surface area contributed by atoms with Crippen LogP contribution >= 0.6 is 11.3 Å². The summed E-state index contributed by atoms with van der Waals surface area (Å²) in [5.74, 6) is 1.34. The van der Waals surface area contributed by atoms with Gasteiger partial charge in [0.2, 0.25) is 0 Å². The van der Waals surface area contributed by atoms with Gasteiger partial charge in [-0.1, -0.05) is 44.2 Å². The van der Waals surface area contributed by atoms with Crippen molar-refractivity contribution in [1.29, 1.82) is 0 Å². The molecule has 0 N–H and O–H groups in total. The highest BCUT2D eigenvalue weighted by Gasteiger charge is 2.13. The normalized spacial score (nSPS) is 12.2. The molecule has 1 aromatic heterocycles. The highest BCUT2D eigenvalue weighted by Crippen LogP contribution is 2.30. The highest BCUT2D eigenvalue weighted by atomic mass is 32.1. The molecule has 1 aliphatic rings. The first-order valence-electron chi connectivity index (χ1n) is 11.8. The van der Waals surface area contributed by atoms with E-state index in [1.807, 2.05) is 0 Å². The molecule has 0 saturated heterocycles. The van der Waals surface area contributed by atoms with E-state index in [1.54, 1.807) is 18.3 Å². The number of benzene rings is 2. The smallest absolute Gasteiger partial charge is 0.302 e. The number of esters is 1. The van der Waals surface area contributed by atoms with E-state index in [-0.39, 0.29) is 5.97 Å². The largest absolute Gasteiger partial charge is 0.493 e. The van der Waals surface area contributed by atoms with Crippen LogP contribution in [0, 0.1) is 6.92 Å². The molecule has 0 aliphatic heterocycles. The Morgan fingerprint density at radius 1 is 1.09 bits per heavy atom. The van der Waals surface area contributed by atoms with Crippen LogP contribution in [0.2, 0.25) is 0 Å². The summed E-state index contributed by atoms with van der Waals surface area (Å²) in [5.41, 5.74) is 6.69. The minimum atomic E-state index is -0.211. The fourth-order valence-corrected chi connectivity index (χ4v) is 4.87. The Kier molecular flexibility index (Phi) is 9.07. The van der Waals surface area contributed by atoms with Crippen molar-refractivity contribution in [2.45, 2.75) is 66.2 Å². The maximum Gasteiger partial charge on any atom is 0.302 e. The second-order valence-electron chi connectivity index (χ2n) is 8.61. The van der Waals surface area contributed by atoms with Crippen LogP contribution in [-0.2, 0) is 28.8 Å². The number of aryl methyl sites for hydroxylation is 3. The third-order valence-corrected chi connectivity index (χ3v) is 6.80. The SMILES string of the molecule is CCOC(C)=O.Cc1sc(-c2ccc(C(C)C)cc2)nc1CCOc1ccc2c(c1)CCC2. The predicted molar refractivity (Wildman–Crippen MR) is 136 cm³/mol. The van der Waals surface area contributed by atoms with E-state index in [0.29, 0.717) is 19.1 Å². The second-order valence-corrected chi connectivity index (χ2v) is 9.81. The molecule has 4 rings (SSSR count). The lowest BCUT2D eigenvalue weighted by atomic mass is 10.0. The second kappa shape index (κ2) is 12.0. The maximum atomic E-state index is 9.82. The number of hydrogen-bond acceptors (Lipinski definition) is 5. The molecule has 1 heterocycles. The number of thiazole rings is 1. The fourth-order valence-electron chi connectivity index (χ4n) is 3.90. The molecule has 33 heavy (non-hydrogen) atoms. The number of rotatable bonds is 7. The third kappa shape index (κ3) is 7.16. The van der Waals surface area contributed by atoms with E-state index in [4.69, 9.17) is 9.72 Å². The molecular formula is C28H35NO3S. The van der Waals surface area contributed by atoms with Crippen LogP contribution in [0.1, 0.15) is 67.3 Å². The minimum absolute atomic E-state index is 0.211. The molecule has 3 aromatic rings. The first kappa shape index (κ1) is 25.0. The van der Waals surface area contributed by atoms with Gasteiger partial charge in [-0.05, 0) is 67.9 Å². The average molecular weight is 466 g/mol. The van der Waals surface area contributed by atoms with Crippen LogP contribution in [0.25, 0.3) is 10.6 Å². The summed E-state index contributed by atoms with van der Waals surface area (Å²) < 4.78 is 10.4. The molecule has 5 heteroatoms. The van der Waals surface area contributed by atoms with E-state index in [0.717, 1.165) is 22.9 Å². The summed E-state index contributed by atoms with van der Waals surface area (Å²) in [4.78, 5) is 16.0. The van der Waals surface area contributed by atoms with Gasteiger partial charge in [0.15, 0.2) is 0 Å². The Bertz CT molecular complexity index is 1050. The minimum Gasteiger partial charge on any atom is -0.493 e. The number of aromatic nitrogens is 1. The van der Waals surface area contributed by atoms with Gasteiger partial charge in [0, 0.05) is 23.8 Å². The molecular weight excluding hydrogens is 430 g/mol. The van der Waals surface area contributed by atoms with Crippen LogP contribution in [0.5, 0.6) is 5.75 Å². The lowest BCUT2D eigenvalue weighted by molar-refractivity contribution is -0.140. The molecule has 176 valence electrons. The van der Waals surface area contributed by atoms with Gasteiger partial charge in [0.05, 0.1) is 18.9 Å². The number of carbonyl (C=O) groups is 1. The van der Waals surface area contributed by atoms with Gasteiger partial charge < -0.3 is 9.47 Å². The summed E-state index contributed by atoms with van der Waals surface area (Å²) in [7, 11) is 0. The van der Waals surface area contributed by atoms with Crippen molar-refractivity contribution in [1.82, 2.24) is 4.98 Å². The summed E-state index contributed by atoms with van der Waals surface area (Å²) >= 11 is 1.78. The molecule has 0 atom stereocenters. The predicted octanol–water partition coefficient (Wildman–Crippen LogP) is 6.92. The zero-order valence-corrected chi connectivity index (χ0v) is 21.3. The number of carbonyl (C=O) groups excluding carboxylic acids is 1. The molecule has 0 radical (unpaired) electrons. The van der Waals surface area contributed by atoms with Crippen molar-refractivity contribution in [3.05, 3.63) is 69.7 Å². The summed E-state index contributed by atoms with van der Waals surface area (Å²) in [6, 6.07) is 15.4. The van der Waals surface area contributed by atoms with Crippen molar-refractivity contribution in [3.8, 4) is 16.3 Å². The highest BCUT2D eigenvalue weighted by molar-refractivity contribution is 7.15. The van der Waals surface area contributed by atoms with E-state index in [1.165, 1.54) is 53.3 Å². The standard InChI is InChI=1S/C24H27NOS.C4H8O2/c1-16(2)18-7-9-20(10-8-18)24-25-23(17(3)27-24)13-14-26-22-12-11-19-5-4-6-21(19)15-22;1-3-6-4(2)5/h7-12,15-16H,4-6,13-14H2,1-3H3;3H2,1-2H3. The zero-order valence-electron chi connectivity index (χ0n) is 20.4. The summed E-state index contributed by atoms with van der Waals surface area (Å²) in [5, 5.41) is 1.11. The van der Waals surface area contributed by atoms with Crippen LogP contribution in [0.3, 0.4) is 0 Å². The maximum absolute atomic E-state index is 9.82. The van der Waals surface area contributed by atoms with Crippen LogP contribution < -0.4 is 4.74 Å². The van der Waals surface area contributed by atoms with E-state index in [9.17, 15) is 4.79 Å². The van der Waals surface area contributed by atoms with E-state index >= 15 is 0 Å². The third-order valence-electron chi connectivity index (χ3n) is 5.74. The van der Waals surface area contributed by atoms with Crippen LogP contribution in [-0.4, -0.2) is 24.2 Å². The molecule has 4 nitrogen and oxygen atoms in total. The van der Waals surface area contributed by atoms with Crippen LogP contribution in [0.15, 0.2) is 42.5 Å². The van der Waals surface area contributed by atoms with E-state index < -0.39 is 0 Å².